The lowest BCUT2D eigenvalue weighted by Crippen LogP contribution is -2.25. The van der Waals surface area contributed by atoms with Gasteiger partial charge in [0.25, 0.3) is 0 Å². The molecule has 11 heavy (non-hydrogen) atoms. The third-order valence-electron chi connectivity index (χ3n) is 2.04. The molecule has 0 atom stereocenters. The van der Waals surface area contributed by atoms with E-state index in [2.05, 4.69) is 20.0 Å². The highest BCUT2D eigenvalue weighted by molar-refractivity contribution is 6.77. The lowest BCUT2D eigenvalue weighted by Gasteiger charge is -2.18. The fourth-order valence-corrected chi connectivity index (χ4v) is 1.66. The zero-order valence-electron chi connectivity index (χ0n) is 7.94. The van der Waals surface area contributed by atoms with Gasteiger partial charge in [-0.25, -0.2) is 0 Å². The number of ether oxygens (including phenoxy) is 1. The monoisotopic (exact) mass is 174 g/mol. The van der Waals surface area contributed by atoms with E-state index >= 15 is 0 Å². The van der Waals surface area contributed by atoms with Crippen LogP contribution in [0, 0.1) is 0 Å². The maximum Gasteiger partial charge on any atom is 0.302 e. The summed E-state index contributed by atoms with van der Waals surface area (Å²) in [6.07, 6.45) is 0. The van der Waals surface area contributed by atoms with Crippen molar-refractivity contribution in [2.24, 2.45) is 0 Å². The van der Waals surface area contributed by atoms with Crippen LogP contribution in [0.2, 0.25) is 25.2 Å². The van der Waals surface area contributed by atoms with Gasteiger partial charge in [-0.1, -0.05) is 26.1 Å². The van der Waals surface area contributed by atoms with E-state index in [1.54, 1.807) is 0 Å². The molecule has 0 amide bonds. The first-order valence-corrected chi connectivity index (χ1v) is 7.53. The maximum atomic E-state index is 10.4. The second-order valence-electron chi connectivity index (χ2n) is 3.61. The molecule has 0 N–H and O–H groups in total. The molecule has 0 spiro atoms. The average Bonchev–Trinajstić information content (AvgIpc) is 1.87. The lowest BCUT2D eigenvalue weighted by molar-refractivity contribution is -0.140. The van der Waals surface area contributed by atoms with Gasteiger partial charge < -0.3 is 4.74 Å². The van der Waals surface area contributed by atoms with Crippen molar-refractivity contribution in [1.82, 2.24) is 0 Å². The number of rotatable bonds is 4. The van der Waals surface area contributed by atoms with Crippen LogP contribution in [0.3, 0.4) is 0 Å². The molecule has 0 aliphatic rings. The minimum Gasteiger partial charge on any atom is -0.466 e. The highest BCUT2D eigenvalue weighted by Gasteiger charge is 2.17. The van der Waals surface area contributed by atoms with Crippen LogP contribution in [0.5, 0.6) is 0 Å². The van der Waals surface area contributed by atoms with Crippen molar-refractivity contribution >= 4 is 14.0 Å². The van der Waals surface area contributed by atoms with Crippen LogP contribution in [-0.4, -0.2) is 20.7 Å². The normalized spacial score (nSPS) is 11.3. The minimum absolute atomic E-state index is 0.161. The van der Waals surface area contributed by atoms with Gasteiger partial charge in [0.1, 0.15) is 0 Å². The van der Waals surface area contributed by atoms with Crippen LogP contribution in [-0.2, 0) is 9.53 Å². The zero-order chi connectivity index (χ0) is 8.91. The predicted molar refractivity (Wildman–Crippen MR) is 49.4 cm³/mol. The van der Waals surface area contributed by atoms with Gasteiger partial charge in [0.05, 0.1) is 14.7 Å². The Morgan fingerprint density at radius 2 is 2.00 bits per heavy atom. The van der Waals surface area contributed by atoms with Gasteiger partial charge in [0.2, 0.25) is 0 Å². The van der Waals surface area contributed by atoms with Crippen LogP contribution >= 0.6 is 0 Å². The van der Waals surface area contributed by atoms with Crippen LogP contribution in [0.25, 0.3) is 0 Å². The van der Waals surface area contributed by atoms with Crippen molar-refractivity contribution in [2.75, 3.05) is 6.61 Å². The molecule has 0 rings (SSSR count). The Morgan fingerprint density at radius 1 is 1.45 bits per heavy atom. The number of hydrogen-bond acceptors (Lipinski definition) is 2. The molecule has 0 radical (unpaired) electrons. The van der Waals surface area contributed by atoms with E-state index in [9.17, 15) is 4.79 Å². The summed E-state index contributed by atoms with van der Waals surface area (Å²) in [7, 11) is -1.02. The summed E-state index contributed by atoms with van der Waals surface area (Å²) < 4.78 is 4.88. The van der Waals surface area contributed by atoms with E-state index < -0.39 is 8.07 Å². The van der Waals surface area contributed by atoms with Crippen LogP contribution < -0.4 is 0 Å². The molecule has 0 heterocycles. The fraction of sp³-hybridized carbons (Fsp3) is 0.875. The molecule has 0 aliphatic carbocycles. The molecule has 0 aromatic carbocycles. The molecular formula is C8H18O2Si. The third kappa shape index (κ3) is 6.10. The molecule has 2 nitrogen and oxygen atoms in total. The first-order valence-electron chi connectivity index (χ1n) is 4.11. The van der Waals surface area contributed by atoms with E-state index in [1.165, 1.54) is 13.0 Å². The second kappa shape index (κ2) is 4.54. The van der Waals surface area contributed by atoms with Crippen LogP contribution in [0.15, 0.2) is 0 Å². The Hall–Kier alpha value is -0.313. The summed E-state index contributed by atoms with van der Waals surface area (Å²) in [5, 5.41) is 0. The summed E-state index contributed by atoms with van der Waals surface area (Å²) in [5.41, 5.74) is 0. The van der Waals surface area contributed by atoms with Crippen molar-refractivity contribution in [3.63, 3.8) is 0 Å². The van der Waals surface area contributed by atoms with E-state index in [1.807, 2.05) is 0 Å². The third-order valence-corrected chi connectivity index (χ3v) is 5.51. The molecule has 66 valence electrons. The van der Waals surface area contributed by atoms with Gasteiger partial charge in [-0.3, -0.25) is 4.79 Å². The Kier molecular flexibility index (Phi) is 4.41. The molecule has 0 fully saturated rings. The molecular weight excluding hydrogens is 156 g/mol. The van der Waals surface area contributed by atoms with Crippen molar-refractivity contribution in [3.8, 4) is 0 Å². The maximum absolute atomic E-state index is 10.4. The van der Waals surface area contributed by atoms with E-state index in [4.69, 9.17) is 4.74 Å². The number of carbonyl (C=O) groups excluding carboxylic acids is 1. The average molecular weight is 174 g/mol. The fourth-order valence-electron chi connectivity index (χ4n) is 0.648. The van der Waals surface area contributed by atoms with Crippen LogP contribution in [0.4, 0.5) is 0 Å². The number of hydrogen-bond donors (Lipinski definition) is 0. The summed E-state index contributed by atoms with van der Waals surface area (Å²) in [4.78, 5) is 10.4. The molecule has 0 aromatic rings. The number of esters is 1. The second-order valence-corrected chi connectivity index (χ2v) is 9.14. The first-order chi connectivity index (χ1) is 4.98. The molecule has 0 saturated carbocycles. The van der Waals surface area contributed by atoms with E-state index in [0.717, 1.165) is 6.04 Å². The lowest BCUT2D eigenvalue weighted by atomic mass is 10.8. The summed E-state index contributed by atoms with van der Waals surface area (Å²) >= 11 is 0. The van der Waals surface area contributed by atoms with E-state index in [0.29, 0.717) is 6.61 Å². The van der Waals surface area contributed by atoms with Crippen LogP contribution in [0.1, 0.15) is 13.8 Å². The number of carbonyl (C=O) groups is 1. The van der Waals surface area contributed by atoms with Gasteiger partial charge in [0, 0.05) is 6.92 Å². The van der Waals surface area contributed by atoms with Gasteiger partial charge in [-0.15, -0.1) is 0 Å². The van der Waals surface area contributed by atoms with Gasteiger partial charge >= 0.3 is 5.97 Å². The largest absolute Gasteiger partial charge is 0.466 e. The quantitative estimate of drug-likeness (QED) is 0.483. The van der Waals surface area contributed by atoms with E-state index in [-0.39, 0.29) is 5.97 Å². The Labute approximate surface area is 69.9 Å². The van der Waals surface area contributed by atoms with Crippen molar-refractivity contribution in [2.45, 2.75) is 39.0 Å². The summed E-state index contributed by atoms with van der Waals surface area (Å²) in [6, 6.07) is 2.34. The molecule has 0 unspecified atom stereocenters. The minimum atomic E-state index is -1.02. The highest BCUT2D eigenvalue weighted by Crippen LogP contribution is 2.13. The molecule has 0 saturated heterocycles. The van der Waals surface area contributed by atoms with Crippen molar-refractivity contribution in [3.05, 3.63) is 0 Å². The first kappa shape index (κ1) is 10.7. The smallest absolute Gasteiger partial charge is 0.302 e. The Balaban J connectivity index is 3.45. The van der Waals surface area contributed by atoms with Crippen molar-refractivity contribution < 1.29 is 9.53 Å². The van der Waals surface area contributed by atoms with Crippen molar-refractivity contribution in [1.29, 1.82) is 0 Å². The summed E-state index contributed by atoms with van der Waals surface area (Å²) in [6.45, 7) is 8.91. The summed E-state index contributed by atoms with van der Waals surface area (Å²) in [5.74, 6) is -0.161. The molecule has 0 aliphatic heterocycles. The van der Waals surface area contributed by atoms with Gasteiger partial charge in [-0.05, 0) is 6.04 Å². The Morgan fingerprint density at radius 3 is 2.36 bits per heavy atom. The predicted octanol–water partition coefficient (Wildman–Crippen LogP) is 2.28. The Bertz CT molecular complexity index is 132. The zero-order valence-corrected chi connectivity index (χ0v) is 8.94. The SMILES string of the molecule is CC[Si](C)(C)CCOC(C)=O. The topological polar surface area (TPSA) is 26.3 Å². The highest BCUT2D eigenvalue weighted by atomic mass is 28.3. The standard InChI is InChI=1S/C8H18O2Si/c1-5-11(3,4)7-6-10-8(2)9/h5-7H2,1-4H3. The molecule has 3 heteroatoms. The van der Waals surface area contributed by atoms with Gasteiger partial charge in [0.15, 0.2) is 0 Å². The molecule has 0 bridgehead atoms. The van der Waals surface area contributed by atoms with Gasteiger partial charge in [-0.2, -0.15) is 0 Å². The molecule has 0 aromatic heterocycles.